The summed E-state index contributed by atoms with van der Waals surface area (Å²) in [5.74, 6) is 0. The van der Waals surface area contributed by atoms with Crippen LogP contribution in [-0.4, -0.2) is 31.0 Å². The van der Waals surface area contributed by atoms with Crippen molar-refractivity contribution < 1.29 is 4.84 Å². The maximum atomic E-state index is 5.60. The Morgan fingerprint density at radius 2 is 1.61 bits per heavy atom. The van der Waals surface area contributed by atoms with Gasteiger partial charge in [0, 0.05) is 17.3 Å². The molecule has 33 heavy (non-hydrogen) atoms. The van der Waals surface area contributed by atoms with Crippen molar-refractivity contribution in [3.05, 3.63) is 114 Å². The van der Waals surface area contributed by atoms with Crippen LogP contribution in [0.25, 0.3) is 22.6 Å². The van der Waals surface area contributed by atoms with Gasteiger partial charge in [0.25, 0.3) is 0 Å². The predicted molar refractivity (Wildman–Crippen MR) is 127 cm³/mol. The Morgan fingerprint density at radius 3 is 2.36 bits per heavy atom. The highest BCUT2D eigenvalue weighted by Crippen LogP contribution is 2.23. The second-order valence-electron chi connectivity index (χ2n) is 7.56. The first kappa shape index (κ1) is 20.4. The number of aryl methyl sites for hydroxylation is 1. The largest absolute Gasteiger partial charge is 0.389 e. The van der Waals surface area contributed by atoms with Crippen LogP contribution in [0.4, 0.5) is 0 Å². The monoisotopic (exact) mass is 434 g/mol. The lowest BCUT2D eigenvalue weighted by atomic mass is 10.1. The lowest BCUT2D eigenvalue weighted by Crippen LogP contribution is -2.02. The van der Waals surface area contributed by atoms with Crippen LogP contribution >= 0.6 is 0 Å². The van der Waals surface area contributed by atoms with E-state index >= 15 is 0 Å². The van der Waals surface area contributed by atoms with Gasteiger partial charge in [-0.25, -0.2) is 9.36 Å². The van der Waals surface area contributed by atoms with E-state index in [9.17, 15) is 0 Å². The Morgan fingerprint density at radius 1 is 0.879 bits per heavy atom. The van der Waals surface area contributed by atoms with Gasteiger partial charge in [-0.2, -0.15) is 5.10 Å². The van der Waals surface area contributed by atoms with Crippen LogP contribution in [0.2, 0.25) is 0 Å². The molecule has 162 valence electrons. The molecule has 2 heterocycles. The molecule has 7 nitrogen and oxygen atoms in total. The van der Waals surface area contributed by atoms with Gasteiger partial charge in [0.1, 0.15) is 11.4 Å². The molecule has 0 aliphatic rings. The number of oxime groups is 1. The molecule has 0 unspecified atom stereocenters. The lowest BCUT2D eigenvalue weighted by molar-refractivity contribution is 0.127. The second-order valence-corrected chi connectivity index (χ2v) is 7.56. The lowest BCUT2D eigenvalue weighted by Gasteiger charge is -2.04. The first-order valence-corrected chi connectivity index (χ1v) is 10.6. The number of hydrogen-bond acceptors (Lipinski definition) is 5. The summed E-state index contributed by atoms with van der Waals surface area (Å²) in [7, 11) is 0. The number of hydrogen-bond donors (Lipinski definition) is 0. The maximum Gasteiger partial charge on any atom is 0.160 e. The van der Waals surface area contributed by atoms with Crippen molar-refractivity contribution in [2.24, 2.45) is 5.16 Å². The topological polar surface area (TPSA) is 70.1 Å². The molecule has 0 N–H and O–H groups in total. The van der Waals surface area contributed by atoms with E-state index in [0.717, 1.165) is 33.9 Å². The number of benzene rings is 3. The van der Waals surface area contributed by atoms with E-state index in [1.54, 1.807) is 17.1 Å². The van der Waals surface area contributed by atoms with E-state index in [1.807, 2.05) is 83.7 Å². The smallest absolute Gasteiger partial charge is 0.160 e. The third kappa shape index (κ3) is 4.57. The quantitative estimate of drug-likeness (QED) is 0.268. The van der Waals surface area contributed by atoms with Gasteiger partial charge in [-0.15, -0.1) is 5.10 Å². The van der Waals surface area contributed by atoms with Gasteiger partial charge in [0.2, 0.25) is 0 Å². The standard InChI is InChI=1S/C26H22N6O/c1-20-12-14-23(15-13-20)31-18-22(26(29-31)21-8-4-2-5-9-21)16-28-33-19-25-17-27-30-32(25)24-10-6-3-7-11-24/h2-18H,19H2,1H3. The van der Waals surface area contributed by atoms with E-state index < -0.39 is 0 Å². The van der Waals surface area contributed by atoms with Gasteiger partial charge in [0.15, 0.2) is 6.61 Å². The first-order chi connectivity index (χ1) is 16.3. The molecule has 3 aromatic carbocycles. The minimum absolute atomic E-state index is 0.241. The molecule has 5 aromatic rings. The zero-order chi connectivity index (χ0) is 22.5. The van der Waals surface area contributed by atoms with Crippen molar-refractivity contribution in [2.75, 3.05) is 0 Å². The van der Waals surface area contributed by atoms with Gasteiger partial charge in [0.05, 0.1) is 23.8 Å². The third-order valence-corrected chi connectivity index (χ3v) is 5.19. The first-order valence-electron chi connectivity index (χ1n) is 10.6. The van der Waals surface area contributed by atoms with Crippen LogP contribution in [0.1, 0.15) is 16.8 Å². The summed E-state index contributed by atoms with van der Waals surface area (Å²) in [5.41, 5.74) is 6.61. The molecule has 0 saturated heterocycles. The van der Waals surface area contributed by atoms with Gasteiger partial charge >= 0.3 is 0 Å². The highest BCUT2D eigenvalue weighted by molar-refractivity contribution is 5.88. The minimum atomic E-state index is 0.241. The van der Waals surface area contributed by atoms with E-state index in [1.165, 1.54) is 5.56 Å². The molecule has 7 heteroatoms. The number of aromatic nitrogens is 5. The molecule has 0 spiro atoms. The Hall–Kier alpha value is -4.52. The van der Waals surface area contributed by atoms with Gasteiger partial charge in [-0.05, 0) is 31.2 Å². The molecule has 0 radical (unpaired) electrons. The Kier molecular flexibility index (Phi) is 5.75. The highest BCUT2D eigenvalue weighted by atomic mass is 16.6. The fourth-order valence-electron chi connectivity index (χ4n) is 3.47. The third-order valence-electron chi connectivity index (χ3n) is 5.19. The summed E-state index contributed by atoms with van der Waals surface area (Å²) in [6, 6.07) is 28.1. The second kappa shape index (κ2) is 9.32. The zero-order valence-corrected chi connectivity index (χ0v) is 18.1. The number of para-hydroxylation sites is 1. The van der Waals surface area contributed by atoms with Crippen LogP contribution in [0.3, 0.4) is 0 Å². The van der Waals surface area contributed by atoms with E-state index in [2.05, 4.69) is 34.5 Å². The Bertz CT molecular complexity index is 1360. The molecule has 5 rings (SSSR count). The molecule has 0 aliphatic heterocycles. The van der Waals surface area contributed by atoms with E-state index in [-0.39, 0.29) is 6.61 Å². The average molecular weight is 435 g/mol. The summed E-state index contributed by atoms with van der Waals surface area (Å²) in [6.45, 7) is 2.31. The summed E-state index contributed by atoms with van der Waals surface area (Å²) < 4.78 is 3.60. The van der Waals surface area contributed by atoms with Crippen LogP contribution in [0, 0.1) is 6.92 Å². The predicted octanol–water partition coefficient (Wildman–Crippen LogP) is 4.98. The number of rotatable bonds is 7. The average Bonchev–Trinajstić information content (AvgIpc) is 3.51. The molecular weight excluding hydrogens is 412 g/mol. The highest BCUT2D eigenvalue weighted by Gasteiger charge is 2.11. The summed E-state index contributed by atoms with van der Waals surface area (Å²) in [6.07, 6.45) is 5.32. The maximum absolute atomic E-state index is 5.60. The fourth-order valence-corrected chi connectivity index (χ4v) is 3.47. The van der Waals surface area contributed by atoms with Gasteiger partial charge < -0.3 is 4.84 Å². The van der Waals surface area contributed by atoms with Crippen LogP contribution < -0.4 is 0 Å². The summed E-state index contributed by atoms with van der Waals surface area (Å²) in [5, 5.41) is 17.2. The molecular formula is C26H22N6O. The van der Waals surface area contributed by atoms with Gasteiger partial charge in [-0.1, -0.05) is 76.6 Å². The molecule has 0 saturated carbocycles. The minimum Gasteiger partial charge on any atom is -0.389 e. The van der Waals surface area contributed by atoms with Gasteiger partial charge in [-0.3, -0.25) is 0 Å². The normalized spacial score (nSPS) is 11.2. The van der Waals surface area contributed by atoms with Crippen molar-refractivity contribution in [1.29, 1.82) is 0 Å². The fraction of sp³-hybridized carbons (Fsp3) is 0.0769. The van der Waals surface area contributed by atoms with E-state index in [0.29, 0.717) is 0 Å². The molecule has 0 fully saturated rings. The molecule has 0 amide bonds. The van der Waals surface area contributed by atoms with Crippen molar-refractivity contribution in [3.8, 4) is 22.6 Å². The molecule has 2 aromatic heterocycles. The zero-order valence-electron chi connectivity index (χ0n) is 18.1. The number of nitrogens with zero attached hydrogens (tertiary/aromatic N) is 6. The summed E-state index contributed by atoms with van der Waals surface area (Å²) >= 11 is 0. The van der Waals surface area contributed by atoms with E-state index in [4.69, 9.17) is 9.94 Å². The SMILES string of the molecule is Cc1ccc(-n2cc(C=NOCc3cnnn3-c3ccccc3)c(-c3ccccc3)n2)cc1. The summed E-state index contributed by atoms with van der Waals surface area (Å²) in [4.78, 5) is 5.60. The van der Waals surface area contributed by atoms with Crippen LogP contribution in [0.5, 0.6) is 0 Å². The molecule has 0 aliphatic carbocycles. The van der Waals surface area contributed by atoms with Crippen molar-refractivity contribution in [2.45, 2.75) is 13.5 Å². The molecule has 0 atom stereocenters. The van der Waals surface area contributed by atoms with Crippen molar-refractivity contribution >= 4 is 6.21 Å². The Balaban J connectivity index is 1.38. The van der Waals surface area contributed by atoms with Crippen molar-refractivity contribution in [1.82, 2.24) is 24.8 Å². The van der Waals surface area contributed by atoms with Crippen LogP contribution in [0.15, 0.2) is 102 Å². The van der Waals surface area contributed by atoms with Crippen molar-refractivity contribution in [3.63, 3.8) is 0 Å². The molecule has 0 bridgehead atoms. The Labute approximate surface area is 191 Å². The van der Waals surface area contributed by atoms with Crippen LogP contribution in [-0.2, 0) is 11.4 Å².